The lowest BCUT2D eigenvalue weighted by Gasteiger charge is -2.13. The Morgan fingerprint density at radius 1 is 1.29 bits per heavy atom. The van der Waals surface area contributed by atoms with Crippen molar-refractivity contribution in [3.63, 3.8) is 0 Å². The summed E-state index contributed by atoms with van der Waals surface area (Å²) in [5.41, 5.74) is 0.674. The molecule has 7 heteroatoms. The van der Waals surface area contributed by atoms with Gasteiger partial charge in [0, 0.05) is 11.2 Å². The van der Waals surface area contributed by atoms with Crippen molar-refractivity contribution in [3.8, 4) is 0 Å². The molecule has 0 fully saturated rings. The molecule has 5 nitrogen and oxygen atoms in total. The fourth-order valence-electron chi connectivity index (χ4n) is 1.56. The van der Waals surface area contributed by atoms with Gasteiger partial charge in [0.05, 0.1) is 10.7 Å². The van der Waals surface area contributed by atoms with Gasteiger partial charge >= 0.3 is 5.97 Å². The molecule has 110 valence electrons. The van der Waals surface area contributed by atoms with Gasteiger partial charge in [-0.05, 0) is 37.3 Å². The van der Waals surface area contributed by atoms with Crippen LogP contribution in [0.2, 0.25) is 10.0 Å². The van der Waals surface area contributed by atoms with E-state index < -0.39 is 18.0 Å². The van der Waals surface area contributed by atoms with Crippen LogP contribution in [0.5, 0.6) is 0 Å². The Morgan fingerprint density at radius 2 is 2.05 bits per heavy atom. The number of benzene rings is 1. The average Bonchev–Trinajstić information content (AvgIpc) is 2.95. The highest BCUT2D eigenvalue weighted by molar-refractivity contribution is 6.36. The average molecular weight is 327 g/mol. The number of hydrogen-bond donors (Lipinski definition) is 2. The first-order valence-corrected chi connectivity index (χ1v) is 6.83. The molecule has 0 aliphatic heterocycles. The number of nitrogens with one attached hydrogen (secondary N) is 2. The minimum atomic E-state index is -0.965. The second kappa shape index (κ2) is 6.65. The van der Waals surface area contributed by atoms with Gasteiger partial charge in [0.1, 0.15) is 5.69 Å². The number of esters is 1. The highest BCUT2D eigenvalue weighted by Crippen LogP contribution is 2.25. The van der Waals surface area contributed by atoms with Crippen LogP contribution in [0, 0.1) is 0 Å². The van der Waals surface area contributed by atoms with E-state index >= 15 is 0 Å². The number of halogens is 2. The van der Waals surface area contributed by atoms with Gasteiger partial charge in [-0.15, -0.1) is 0 Å². The number of aromatic amines is 1. The Balaban J connectivity index is 1.98. The van der Waals surface area contributed by atoms with E-state index in [1.165, 1.54) is 13.0 Å². The predicted molar refractivity (Wildman–Crippen MR) is 80.8 cm³/mol. The fourth-order valence-corrected chi connectivity index (χ4v) is 2.02. The van der Waals surface area contributed by atoms with E-state index in [0.717, 1.165) is 0 Å². The Hall–Kier alpha value is -1.98. The number of H-pyrrole nitrogens is 1. The molecular formula is C14H12Cl2N2O3. The number of anilines is 1. The summed E-state index contributed by atoms with van der Waals surface area (Å²) in [4.78, 5) is 26.4. The normalized spacial score (nSPS) is 11.8. The van der Waals surface area contributed by atoms with Crippen molar-refractivity contribution in [3.05, 3.63) is 52.3 Å². The van der Waals surface area contributed by atoms with E-state index in [1.807, 2.05) is 0 Å². The minimum absolute atomic E-state index is 0.277. The Labute approximate surface area is 131 Å². The van der Waals surface area contributed by atoms with Crippen LogP contribution >= 0.6 is 23.2 Å². The largest absolute Gasteiger partial charge is 0.448 e. The molecule has 0 saturated carbocycles. The molecule has 0 saturated heterocycles. The lowest BCUT2D eigenvalue weighted by atomic mass is 10.3. The van der Waals surface area contributed by atoms with Crippen LogP contribution in [0.4, 0.5) is 5.69 Å². The smallest absolute Gasteiger partial charge is 0.355 e. The Morgan fingerprint density at radius 3 is 2.67 bits per heavy atom. The summed E-state index contributed by atoms with van der Waals surface area (Å²) >= 11 is 11.7. The zero-order chi connectivity index (χ0) is 15.4. The molecule has 2 rings (SSSR count). The van der Waals surface area contributed by atoms with Gasteiger partial charge in [0.15, 0.2) is 6.10 Å². The van der Waals surface area contributed by atoms with Crippen LogP contribution in [0.1, 0.15) is 17.4 Å². The monoisotopic (exact) mass is 326 g/mol. The van der Waals surface area contributed by atoms with Gasteiger partial charge in [0.25, 0.3) is 5.91 Å². The SMILES string of the molecule is C[C@H](OC(=O)c1ccc[nH]1)C(=O)Nc1ccc(Cl)cc1Cl. The number of amides is 1. The van der Waals surface area contributed by atoms with Gasteiger partial charge in [-0.3, -0.25) is 4.79 Å². The van der Waals surface area contributed by atoms with Gasteiger partial charge in [-0.25, -0.2) is 4.79 Å². The summed E-state index contributed by atoms with van der Waals surface area (Å²) < 4.78 is 5.04. The van der Waals surface area contributed by atoms with Gasteiger partial charge in [-0.2, -0.15) is 0 Å². The van der Waals surface area contributed by atoms with Crippen LogP contribution in [0.15, 0.2) is 36.5 Å². The first-order chi connectivity index (χ1) is 9.97. The van der Waals surface area contributed by atoms with E-state index in [0.29, 0.717) is 15.7 Å². The van der Waals surface area contributed by atoms with Crippen LogP contribution in [-0.4, -0.2) is 23.0 Å². The second-order valence-electron chi connectivity index (χ2n) is 4.24. The van der Waals surface area contributed by atoms with Crippen molar-refractivity contribution >= 4 is 40.8 Å². The number of hydrogen-bond acceptors (Lipinski definition) is 3. The van der Waals surface area contributed by atoms with Gasteiger partial charge in [0.2, 0.25) is 0 Å². The number of ether oxygens (including phenoxy) is 1. The maximum Gasteiger partial charge on any atom is 0.355 e. The molecular weight excluding hydrogens is 315 g/mol. The quantitative estimate of drug-likeness (QED) is 0.844. The summed E-state index contributed by atoms with van der Waals surface area (Å²) in [7, 11) is 0. The summed E-state index contributed by atoms with van der Waals surface area (Å²) in [6.07, 6.45) is 0.627. The number of carbonyl (C=O) groups is 2. The van der Waals surface area contributed by atoms with E-state index in [-0.39, 0.29) is 5.69 Å². The molecule has 2 N–H and O–H groups in total. The van der Waals surface area contributed by atoms with Crippen molar-refractivity contribution < 1.29 is 14.3 Å². The zero-order valence-electron chi connectivity index (χ0n) is 11.0. The summed E-state index contributed by atoms with van der Waals surface area (Å²) in [6.45, 7) is 1.47. The molecule has 1 aromatic carbocycles. The highest BCUT2D eigenvalue weighted by atomic mass is 35.5. The van der Waals surface area contributed by atoms with E-state index in [1.54, 1.807) is 30.5 Å². The maximum absolute atomic E-state index is 12.0. The molecule has 21 heavy (non-hydrogen) atoms. The number of rotatable bonds is 4. The third-order valence-corrected chi connectivity index (χ3v) is 3.21. The van der Waals surface area contributed by atoms with Crippen LogP contribution in [-0.2, 0) is 9.53 Å². The summed E-state index contributed by atoms with van der Waals surface area (Å²) in [5.74, 6) is -1.09. The number of carbonyl (C=O) groups excluding carboxylic acids is 2. The third kappa shape index (κ3) is 4.00. The molecule has 0 radical (unpaired) electrons. The Bertz CT molecular complexity index is 656. The predicted octanol–water partition coefficient (Wildman–Crippen LogP) is 3.51. The van der Waals surface area contributed by atoms with Crippen molar-refractivity contribution in [2.45, 2.75) is 13.0 Å². The lowest BCUT2D eigenvalue weighted by Crippen LogP contribution is -2.30. The van der Waals surface area contributed by atoms with E-state index in [9.17, 15) is 9.59 Å². The van der Waals surface area contributed by atoms with Crippen molar-refractivity contribution in [1.29, 1.82) is 0 Å². The Kier molecular flexibility index (Phi) is 4.88. The molecule has 0 aliphatic rings. The molecule has 0 aliphatic carbocycles. The van der Waals surface area contributed by atoms with Crippen LogP contribution in [0.3, 0.4) is 0 Å². The second-order valence-corrected chi connectivity index (χ2v) is 5.09. The van der Waals surface area contributed by atoms with Crippen molar-refractivity contribution in [2.75, 3.05) is 5.32 Å². The first-order valence-electron chi connectivity index (χ1n) is 6.07. The summed E-state index contributed by atoms with van der Waals surface area (Å²) in [6, 6.07) is 7.90. The van der Waals surface area contributed by atoms with Crippen molar-refractivity contribution in [1.82, 2.24) is 4.98 Å². The zero-order valence-corrected chi connectivity index (χ0v) is 12.5. The van der Waals surface area contributed by atoms with E-state index in [2.05, 4.69) is 10.3 Å². The fraction of sp³-hybridized carbons (Fsp3) is 0.143. The third-order valence-electron chi connectivity index (χ3n) is 2.66. The molecule has 0 unspecified atom stereocenters. The van der Waals surface area contributed by atoms with Gasteiger partial charge < -0.3 is 15.0 Å². The minimum Gasteiger partial charge on any atom is -0.448 e. The molecule has 1 amide bonds. The molecule has 0 spiro atoms. The first kappa shape index (κ1) is 15.4. The molecule has 0 bridgehead atoms. The molecule has 1 heterocycles. The van der Waals surface area contributed by atoms with Crippen molar-refractivity contribution in [2.24, 2.45) is 0 Å². The standard InChI is InChI=1S/C14H12Cl2N2O3/c1-8(21-14(20)12-3-2-6-17-12)13(19)18-11-5-4-9(15)7-10(11)16/h2-8,17H,1H3,(H,18,19)/t8-/m0/s1. The topological polar surface area (TPSA) is 71.2 Å². The highest BCUT2D eigenvalue weighted by Gasteiger charge is 2.20. The van der Waals surface area contributed by atoms with E-state index in [4.69, 9.17) is 27.9 Å². The summed E-state index contributed by atoms with van der Waals surface area (Å²) in [5, 5.41) is 3.34. The molecule has 2 aromatic rings. The number of aromatic nitrogens is 1. The maximum atomic E-state index is 12.0. The van der Waals surface area contributed by atoms with Gasteiger partial charge in [-0.1, -0.05) is 23.2 Å². The lowest BCUT2D eigenvalue weighted by molar-refractivity contribution is -0.123. The molecule has 1 atom stereocenters. The van der Waals surface area contributed by atoms with Crippen LogP contribution in [0.25, 0.3) is 0 Å². The molecule has 1 aromatic heterocycles. The van der Waals surface area contributed by atoms with Crippen LogP contribution < -0.4 is 5.32 Å².